The molecule has 0 amide bonds. The molecule has 2 heteroatoms. The summed E-state index contributed by atoms with van der Waals surface area (Å²) in [6.07, 6.45) is 18.4. The van der Waals surface area contributed by atoms with Crippen LogP contribution in [0.5, 0.6) is 0 Å². The fraction of sp³-hybridized carbons (Fsp3) is 0.0588. The topological polar surface area (TPSA) is 0 Å². The molecule has 2 aliphatic carbocycles. The van der Waals surface area contributed by atoms with E-state index in [-0.39, 0.29) is 17.1 Å². The Morgan fingerprint density at radius 2 is 1.16 bits per heavy atom. The van der Waals surface area contributed by atoms with Crippen LogP contribution >= 0.6 is 11.8 Å². The molecule has 98 valence electrons. The van der Waals surface area contributed by atoms with Crippen molar-refractivity contribution in [3.63, 3.8) is 0 Å². The summed E-state index contributed by atoms with van der Waals surface area (Å²) >= 11 is 1.80. The first-order valence-electron chi connectivity index (χ1n) is 5.97. The predicted molar refractivity (Wildman–Crippen MR) is 79.0 cm³/mol. The van der Waals surface area contributed by atoms with Crippen LogP contribution in [0.2, 0.25) is 0 Å². The van der Waals surface area contributed by atoms with Gasteiger partial charge in [0.15, 0.2) is 0 Å². The molecule has 10 radical (unpaired) electrons. The Morgan fingerprint density at radius 3 is 1.63 bits per heavy atom. The molecular weight excluding hydrogens is 292 g/mol. The zero-order valence-electron chi connectivity index (χ0n) is 10.8. The van der Waals surface area contributed by atoms with E-state index in [0.717, 1.165) is 0 Å². The van der Waals surface area contributed by atoms with Gasteiger partial charge < -0.3 is 0 Å². The summed E-state index contributed by atoms with van der Waals surface area (Å²) in [5, 5.41) is 1.31. The summed E-state index contributed by atoms with van der Waals surface area (Å²) in [5.74, 6) is 0. The van der Waals surface area contributed by atoms with Crippen molar-refractivity contribution in [2.24, 2.45) is 0 Å². The van der Waals surface area contributed by atoms with Gasteiger partial charge in [-0.3, -0.25) is 0 Å². The average molecular weight is 308 g/mol. The second-order valence-corrected chi connectivity index (χ2v) is 5.14. The SMILES string of the molecule is Cc1ccc(S[C]2[CH][CH][CH][CH]2)cc1.[CH]1[CH][CH][CH][CH]1.[Fe]. The van der Waals surface area contributed by atoms with Crippen LogP contribution in [0.3, 0.4) is 0 Å². The third-order valence-electron chi connectivity index (χ3n) is 2.44. The largest absolute Gasteiger partial charge is 0.117 e. The normalized spacial score (nSPS) is 18.6. The Kier molecular flexibility index (Phi) is 8.94. The average Bonchev–Trinajstić information content (AvgIpc) is 3.07. The minimum atomic E-state index is 0. The maximum atomic E-state index is 2.16. The van der Waals surface area contributed by atoms with Gasteiger partial charge in [-0.25, -0.2) is 0 Å². The van der Waals surface area contributed by atoms with E-state index in [0.29, 0.717) is 0 Å². The molecule has 0 atom stereocenters. The predicted octanol–water partition coefficient (Wildman–Crippen LogP) is 4.47. The molecule has 0 nitrogen and oxygen atoms in total. The quantitative estimate of drug-likeness (QED) is 0.727. The van der Waals surface area contributed by atoms with Crippen molar-refractivity contribution in [1.82, 2.24) is 0 Å². The van der Waals surface area contributed by atoms with E-state index in [4.69, 9.17) is 0 Å². The molecule has 0 heterocycles. The molecule has 2 fully saturated rings. The molecule has 0 unspecified atom stereocenters. The Balaban J connectivity index is 0.000000256. The van der Waals surface area contributed by atoms with E-state index in [9.17, 15) is 0 Å². The number of benzene rings is 1. The number of hydrogen-bond acceptors (Lipinski definition) is 1. The van der Waals surface area contributed by atoms with Gasteiger partial charge in [-0.2, -0.15) is 0 Å². The van der Waals surface area contributed by atoms with Gasteiger partial charge >= 0.3 is 0 Å². The van der Waals surface area contributed by atoms with Crippen LogP contribution in [-0.4, -0.2) is 0 Å². The Bertz CT molecular complexity index is 316. The van der Waals surface area contributed by atoms with Crippen molar-refractivity contribution in [3.8, 4) is 0 Å². The first-order chi connectivity index (χ1) is 8.84. The minimum absolute atomic E-state index is 0. The third-order valence-corrected chi connectivity index (χ3v) is 3.46. The maximum absolute atomic E-state index is 2.16. The zero-order chi connectivity index (χ0) is 12.6. The molecule has 0 spiro atoms. The van der Waals surface area contributed by atoms with Crippen LogP contribution in [-0.2, 0) is 17.1 Å². The van der Waals surface area contributed by atoms with Gasteiger partial charge in [-0.15, -0.1) is 11.8 Å². The van der Waals surface area contributed by atoms with E-state index in [1.54, 1.807) is 11.8 Å². The summed E-state index contributed by atoms with van der Waals surface area (Å²) in [6, 6.07) is 8.61. The van der Waals surface area contributed by atoms with Crippen molar-refractivity contribution in [2.45, 2.75) is 11.8 Å². The molecule has 0 N–H and O–H groups in total. The number of aryl methyl sites for hydroxylation is 1. The molecule has 1 aromatic rings. The van der Waals surface area contributed by atoms with E-state index >= 15 is 0 Å². The van der Waals surface area contributed by atoms with Crippen LogP contribution < -0.4 is 0 Å². The first-order valence-corrected chi connectivity index (χ1v) is 6.79. The van der Waals surface area contributed by atoms with Crippen LogP contribution in [0.25, 0.3) is 0 Å². The van der Waals surface area contributed by atoms with Crippen LogP contribution in [0.15, 0.2) is 29.2 Å². The fourth-order valence-corrected chi connectivity index (χ4v) is 2.33. The van der Waals surface area contributed by atoms with Crippen LogP contribution in [0.1, 0.15) is 5.56 Å². The molecule has 1 aromatic carbocycles. The summed E-state index contributed by atoms with van der Waals surface area (Å²) in [7, 11) is 0. The Hall–Kier alpha value is 0.0895. The molecule has 0 aliphatic heterocycles. The molecule has 2 aliphatic rings. The molecule has 0 aromatic heterocycles. The van der Waals surface area contributed by atoms with Gasteiger partial charge in [0.2, 0.25) is 0 Å². The smallest absolute Gasteiger partial charge is 0.0431 e. The van der Waals surface area contributed by atoms with Gasteiger partial charge in [0, 0.05) is 27.2 Å². The second kappa shape index (κ2) is 9.91. The minimum Gasteiger partial charge on any atom is -0.117 e. The van der Waals surface area contributed by atoms with Gasteiger partial charge in [-0.05, 0) is 76.8 Å². The molecular formula is C17H16FeS. The Labute approximate surface area is 133 Å². The van der Waals surface area contributed by atoms with Crippen molar-refractivity contribution in [3.05, 3.63) is 92.9 Å². The number of thioether (sulfide) groups is 1. The van der Waals surface area contributed by atoms with Gasteiger partial charge in [0.05, 0.1) is 0 Å². The molecule has 0 bridgehead atoms. The summed E-state index contributed by atoms with van der Waals surface area (Å²) in [4.78, 5) is 1.30. The molecule has 3 rings (SSSR count). The van der Waals surface area contributed by atoms with E-state index in [2.05, 4.69) is 56.9 Å². The standard InChI is InChI=1S/C12H11S.C5H5.Fe/c1-10-6-8-12(9-7-10)13-11-4-2-3-5-11;1-2-4-5-3-1;/h2-9H,1H3;1-5H;. The fourth-order valence-electron chi connectivity index (χ4n) is 1.49. The van der Waals surface area contributed by atoms with Crippen molar-refractivity contribution in [1.29, 1.82) is 0 Å². The molecule has 0 saturated heterocycles. The second-order valence-electron chi connectivity index (χ2n) is 4.00. The third kappa shape index (κ3) is 6.88. The van der Waals surface area contributed by atoms with Gasteiger partial charge in [0.1, 0.15) is 0 Å². The summed E-state index contributed by atoms with van der Waals surface area (Å²) in [5.41, 5.74) is 1.31. The van der Waals surface area contributed by atoms with Gasteiger partial charge in [0.25, 0.3) is 0 Å². The van der Waals surface area contributed by atoms with E-state index < -0.39 is 0 Å². The van der Waals surface area contributed by atoms with Crippen molar-refractivity contribution < 1.29 is 17.1 Å². The maximum Gasteiger partial charge on any atom is 0.0431 e. The zero-order valence-corrected chi connectivity index (χ0v) is 12.7. The summed E-state index contributed by atoms with van der Waals surface area (Å²) < 4.78 is 0. The number of rotatable bonds is 2. The van der Waals surface area contributed by atoms with Crippen molar-refractivity contribution >= 4 is 11.8 Å². The van der Waals surface area contributed by atoms with Gasteiger partial charge in [-0.1, -0.05) is 17.7 Å². The Morgan fingerprint density at radius 1 is 0.684 bits per heavy atom. The van der Waals surface area contributed by atoms with E-state index in [1.807, 2.05) is 32.1 Å². The molecule has 2 saturated carbocycles. The number of hydrogen-bond donors (Lipinski definition) is 0. The van der Waals surface area contributed by atoms with Crippen LogP contribution in [0, 0.1) is 70.0 Å². The molecule has 19 heavy (non-hydrogen) atoms. The summed E-state index contributed by atoms with van der Waals surface area (Å²) in [6.45, 7) is 2.11. The monoisotopic (exact) mass is 308 g/mol. The van der Waals surface area contributed by atoms with E-state index in [1.165, 1.54) is 15.7 Å². The van der Waals surface area contributed by atoms with Crippen LogP contribution in [0.4, 0.5) is 0 Å². The van der Waals surface area contributed by atoms with Crippen molar-refractivity contribution in [2.75, 3.05) is 0 Å². The first kappa shape index (κ1) is 17.1.